The Labute approximate surface area is 333 Å². The first-order valence-corrected chi connectivity index (χ1v) is 19.8. The number of alkyl halides is 3. The second kappa shape index (κ2) is 15.8. The van der Waals surface area contributed by atoms with Gasteiger partial charge in [0, 0.05) is 35.4 Å². The van der Waals surface area contributed by atoms with Crippen molar-refractivity contribution in [2.75, 3.05) is 13.1 Å². The highest BCUT2D eigenvalue weighted by Gasteiger charge is 2.44. The highest BCUT2D eigenvalue weighted by atomic mass is 32.2. The third-order valence-electron chi connectivity index (χ3n) is 10.7. The molecule has 55 heavy (non-hydrogen) atoms. The average molecular weight is 761 g/mol. The Kier molecular flexibility index (Phi) is 12.3. The van der Waals surface area contributed by atoms with Crippen LogP contribution in [0.1, 0.15) is 48.2 Å². The molecule has 0 atom stereocenters. The van der Waals surface area contributed by atoms with Gasteiger partial charge in [0.15, 0.2) is 5.16 Å². The van der Waals surface area contributed by atoms with Crippen LogP contribution in [0.2, 0.25) is 0 Å². The summed E-state index contributed by atoms with van der Waals surface area (Å²) in [5.74, 6) is -0.0423. The van der Waals surface area contributed by atoms with Gasteiger partial charge in [-0.2, -0.15) is 18.2 Å². The quantitative estimate of drug-likeness (QED) is 0.0744. The van der Waals surface area contributed by atoms with Crippen LogP contribution in [0.4, 0.5) is 17.6 Å². The van der Waals surface area contributed by atoms with Crippen molar-refractivity contribution >= 4 is 80.4 Å². The van der Waals surface area contributed by atoms with E-state index >= 15 is 4.79 Å². The highest BCUT2D eigenvalue weighted by Crippen LogP contribution is 2.35. The highest BCUT2D eigenvalue weighted by molar-refractivity contribution is 7.98. The molecule has 1 heterocycles. The topological polar surface area (TPSA) is 58.4 Å². The minimum Gasteiger partial charge on any atom is -0.347 e. The molecule has 1 aliphatic carbocycles. The maximum atomic E-state index is 15.5. The lowest BCUT2D eigenvalue weighted by Gasteiger charge is -2.50. The van der Waals surface area contributed by atoms with Crippen molar-refractivity contribution in [3.8, 4) is 11.1 Å². The first kappa shape index (κ1) is 42.7. The number of amides is 1. The number of benzene rings is 3. The third-order valence-corrected chi connectivity index (χ3v) is 11.7. The summed E-state index contributed by atoms with van der Waals surface area (Å²) in [5, 5.41) is -1.98. The zero-order valence-corrected chi connectivity index (χ0v) is 34.5. The largest absolute Gasteiger partial charge is 0.416 e. The molecule has 0 N–H and O–H groups in total. The Bertz CT molecular complexity index is 2060. The van der Waals surface area contributed by atoms with E-state index in [1.807, 2.05) is 65.1 Å². The van der Waals surface area contributed by atoms with E-state index in [2.05, 4.69) is 55.1 Å². The molecule has 0 saturated carbocycles. The summed E-state index contributed by atoms with van der Waals surface area (Å²) in [6.45, 7) is 5.30. The van der Waals surface area contributed by atoms with E-state index in [4.69, 9.17) is 0 Å². The summed E-state index contributed by atoms with van der Waals surface area (Å²) in [7, 11) is 16.5. The molecule has 0 fully saturated rings. The molecule has 4 aromatic rings. The number of rotatable bonds is 13. The van der Waals surface area contributed by atoms with Crippen LogP contribution in [0.25, 0.3) is 11.1 Å². The molecule has 5 rings (SSSR count). The summed E-state index contributed by atoms with van der Waals surface area (Å²) < 4.78 is 55.4. The summed E-state index contributed by atoms with van der Waals surface area (Å²) in [6, 6.07) is 19.0. The monoisotopic (exact) mass is 762 g/mol. The molecule has 0 saturated heterocycles. The normalized spacial score (nSPS) is 13.9. The smallest absolute Gasteiger partial charge is 0.347 e. The SMILES string of the molecule is BC(B)(C)N(CCN(C(=O)C(B)(B)n1c(SCc2ccc(F)cc2)nc(=O)c2c1CCC2)C(B)(B)c1ccc(-c2ccc(C(F)(F)F)cc2)cc1)C(B)(B)C. The summed E-state index contributed by atoms with van der Waals surface area (Å²) >= 11 is 1.36. The van der Waals surface area contributed by atoms with Gasteiger partial charge < -0.3 is 14.4 Å². The van der Waals surface area contributed by atoms with Crippen molar-refractivity contribution in [1.82, 2.24) is 19.4 Å². The zero-order valence-electron chi connectivity index (χ0n) is 33.7. The van der Waals surface area contributed by atoms with Crippen LogP contribution < -0.4 is 5.56 Å². The fourth-order valence-corrected chi connectivity index (χ4v) is 9.05. The summed E-state index contributed by atoms with van der Waals surface area (Å²) in [6.07, 6.45) is -2.39. The predicted octanol–water partition coefficient (Wildman–Crippen LogP) is -1.19. The Hall–Kier alpha value is -3.44. The molecular weight excluding hydrogens is 715 g/mol. The van der Waals surface area contributed by atoms with Gasteiger partial charge in [-0.3, -0.25) is 9.59 Å². The van der Waals surface area contributed by atoms with Crippen LogP contribution in [-0.4, -0.2) is 112 Å². The maximum absolute atomic E-state index is 15.5. The molecule has 3 aromatic carbocycles. The molecule has 280 valence electrons. The third kappa shape index (κ3) is 9.41. The molecule has 6 nitrogen and oxygen atoms in total. The van der Waals surface area contributed by atoms with Gasteiger partial charge in [0.05, 0.1) is 10.9 Å². The Morgan fingerprint density at radius 1 is 0.782 bits per heavy atom. The van der Waals surface area contributed by atoms with Crippen molar-refractivity contribution in [1.29, 1.82) is 0 Å². The zero-order chi connectivity index (χ0) is 40.7. The maximum Gasteiger partial charge on any atom is 0.416 e. The number of fused-ring (bicyclic) bond motifs is 1. The fraction of sp³-hybridized carbons (Fsp3) is 0.361. The molecule has 0 spiro atoms. The molecule has 19 heteroatoms. The van der Waals surface area contributed by atoms with Gasteiger partial charge in [-0.25, -0.2) is 4.39 Å². The van der Waals surface area contributed by atoms with Gasteiger partial charge in [-0.05, 0) is 76.5 Å². The van der Waals surface area contributed by atoms with Crippen molar-refractivity contribution in [2.45, 2.75) is 71.5 Å². The average Bonchev–Trinajstić information content (AvgIpc) is 3.58. The van der Waals surface area contributed by atoms with Gasteiger partial charge in [0.2, 0.25) is 5.91 Å². The number of hydrogen-bond donors (Lipinski definition) is 0. The number of carbonyl (C=O) groups excluding carboxylic acids is 1. The van der Waals surface area contributed by atoms with Gasteiger partial charge in [-0.1, -0.05) is 74.1 Å². The van der Waals surface area contributed by atoms with Crippen molar-refractivity contribution in [2.24, 2.45) is 0 Å². The fourth-order valence-electron chi connectivity index (χ4n) is 7.94. The number of halogens is 4. The lowest BCUT2D eigenvalue weighted by Crippen LogP contribution is -2.65. The van der Waals surface area contributed by atoms with E-state index in [0.29, 0.717) is 48.0 Å². The molecule has 1 aromatic heterocycles. The summed E-state index contributed by atoms with van der Waals surface area (Å²) in [5.41, 5.74) is 3.63. The van der Waals surface area contributed by atoms with Crippen molar-refractivity contribution in [3.05, 3.63) is 117 Å². The van der Waals surface area contributed by atoms with Crippen LogP contribution >= 0.6 is 11.8 Å². The predicted molar refractivity (Wildman–Crippen MR) is 237 cm³/mol. The van der Waals surface area contributed by atoms with Gasteiger partial charge in [0.1, 0.15) is 68.6 Å². The van der Waals surface area contributed by atoms with Crippen LogP contribution in [-0.2, 0) is 40.2 Å². The van der Waals surface area contributed by atoms with Crippen molar-refractivity contribution in [3.63, 3.8) is 0 Å². The molecule has 1 amide bonds. The van der Waals surface area contributed by atoms with Crippen LogP contribution in [0, 0.1) is 5.82 Å². The first-order chi connectivity index (χ1) is 25.4. The molecule has 0 bridgehead atoms. The van der Waals surface area contributed by atoms with E-state index in [1.54, 1.807) is 12.1 Å². The lowest BCUT2D eigenvalue weighted by atomic mass is 9.53. The van der Waals surface area contributed by atoms with Crippen molar-refractivity contribution < 1.29 is 22.4 Å². The van der Waals surface area contributed by atoms with Crippen LogP contribution in [0.5, 0.6) is 0 Å². The minimum atomic E-state index is -4.42. The second-order valence-electron chi connectivity index (χ2n) is 17.4. The first-order valence-electron chi connectivity index (χ1n) is 18.8. The summed E-state index contributed by atoms with van der Waals surface area (Å²) in [4.78, 5) is 37.7. The number of thioether (sulfide) groups is 1. The molecule has 1 aliphatic rings. The van der Waals surface area contributed by atoms with E-state index < -0.39 is 22.4 Å². The van der Waals surface area contributed by atoms with Gasteiger partial charge in [-0.15, -0.1) is 0 Å². The molecule has 0 unspecified atom stereocenters. The standard InChI is InChI=1S/C36H46B8F4N4O2S/c1-32(37,38)51(33(2,39)40)19-18-50(34(41,42)24-12-8-22(9-13-24)23-10-14-25(15-11-23)36(46,47)48)30(54)35(43,44)52-28-5-3-4-27(28)29(53)49-31(52)55-20-21-6-16-26(45)17-7-21/h6-17H,3-5,18-20,37-44H2,1-2H3. The van der Waals surface area contributed by atoms with E-state index in [-0.39, 0.29) is 28.0 Å². The number of hydrogen-bond acceptors (Lipinski definition) is 5. The van der Waals surface area contributed by atoms with Gasteiger partial charge >= 0.3 is 6.18 Å². The molecule has 0 aliphatic heterocycles. The van der Waals surface area contributed by atoms with Gasteiger partial charge in [0.25, 0.3) is 5.56 Å². The lowest BCUT2D eigenvalue weighted by molar-refractivity contribution is -0.138. The number of aromatic nitrogens is 2. The molecule has 0 radical (unpaired) electrons. The van der Waals surface area contributed by atoms with E-state index in [9.17, 15) is 22.4 Å². The Balaban J connectivity index is 1.57. The van der Waals surface area contributed by atoms with Crippen LogP contribution in [0.15, 0.2) is 82.7 Å². The van der Waals surface area contributed by atoms with Crippen LogP contribution in [0.3, 0.4) is 0 Å². The number of nitrogens with zero attached hydrogens (tertiary/aromatic N) is 4. The van der Waals surface area contributed by atoms with E-state index in [1.165, 1.54) is 36.0 Å². The molecular formula is C36H46B8F4N4O2S. The Morgan fingerprint density at radius 3 is 1.82 bits per heavy atom. The van der Waals surface area contributed by atoms with E-state index in [0.717, 1.165) is 40.9 Å². The minimum absolute atomic E-state index is 0.143. The number of carbonyl (C=O) groups is 1. The Morgan fingerprint density at radius 2 is 1.31 bits per heavy atom. The second-order valence-corrected chi connectivity index (χ2v) is 18.4.